The van der Waals surface area contributed by atoms with Crippen LogP contribution in [0.2, 0.25) is 0 Å². The van der Waals surface area contributed by atoms with Gasteiger partial charge in [-0.1, -0.05) is 29.4 Å². The molecular weight excluding hydrogens is 435 g/mol. The first-order valence-corrected chi connectivity index (χ1v) is 10.8. The van der Waals surface area contributed by atoms with E-state index >= 15 is 0 Å². The summed E-state index contributed by atoms with van der Waals surface area (Å²) in [6, 6.07) is 19.5. The summed E-state index contributed by atoms with van der Waals surface area (Å²) in [5, 5.41) is 9.95. The molecule has 3 aromatic carbocycles. The molecule has 0 radical (unpaired) electrons. The van der Waals surface area contributed by atoms with Crippen molar-refractivity contribution in [2.24, 2.45) is 0 Å². The lowest BCUT2D eigenvalue weighted by Gasteiger charge is -2.19. The standard InChI is InChI=1S/C22H17FN4O4S/c1-27(18-8-3-2-4-9-18)32(29,30)19-12-10-15(11-13-19)20(28)24-22-26-25-21(31-22)16-6-5-7-17(23)14-16/h2-14H,1H3,(H,24,26,28). The maximum absolute atomic E-state index is 13.3. The third-order valence-electron chi connectivity index (χ3n) is 4.61. The molecule has 8 nitrogen and oxygen atoms in total. The molecule has 0 atom stereocenters. The smallest absolute Gasteiger partial charge is 0.322 e. The van der Waals surface area contributed by atoms with E-state index in [2.05, 4.69) is 15.5 Å². The number of carbonyl (C=O) groups is 1. The number of rotatable bonds is 6. The lowest BCUT2D eigenvalue weighted by atomic mass is 10.2. The number of nitrogens with zero attached hydrogens (tertiary/aromatic N) is 3. The van der Waals surface area contributed by atoms with Crippen molar-refractivity contribution in [3.05, 3.63) is 90.2 Å². The Labute approximate surface area is 183 Å². The number of hydrogen-bond acceptors (Lipinski definition) is 6. The lowest BCUT2D eigenvalue weighted by molar-refractivity contribution is 0.102. The SMILES string of the molecule is CN(c1ccccc1)S(=O)(=O)c1ccc(C(=O)Nc2nnc(-c3cccc(F)c3)o2)cc1. The number of aromatic nitrogens is 2. The van der Waals surface area contributed by atoms with Crippen LogP contribution in [-0.4, -0.2) is 31.6 Å². The van der Waals surface area contributed by atoms with Gasteiger partial charge in [0.2, 0.25) is 5.89 Å². The second kappa shape index (κ2) is 8.60. The highest BCUT2D eigenvalue weighted by molar-refractivity contribution is 7.92. The van der Waals surface area contributed by atoms with Gasteiger partial charge < -0.3 is 4.42 Å². The van der Waals surface area contributed by atoms with Crippen molar-refractivity contribution in [3.8, 4) is 11.5 Å². The van der Waals surface area contributed by atoms with Gasteiger partial charge in [0.15, 0.2) is 0 Å². The molecule has 0 bridgehead atoms. The number of nitrogens with one attached hydrogen (secondary N) is 1. The van der Waals surface area contributed by atoms with Crippen LogP contribution in [0.4, 0.5) is 16.1 Å². The Kier molecular flexibility index (Phi) is 5.69. The molecule has 4 rings (SSSR count). The van der Waals surface area contributed by atoms with Gasteiger partial charge in [-0.25, -0.2) is 12.8 Å². The molecular formula is C22H17FN4O4S. The minimum atomic E-state index is -3.79. The van der Waals surface area contributed by atoms with E-state index in [1.54, 1.807) is 36.4 Å². The van der Waals surface area contributed by atoms with E-state index in [1.807, 2.05) is 0 Å². The van der Waals surface area contributed by atoms with E-state index in [-0.39, 0.29) is 22.4 Å². The van der Waals surface area contributed by atoms with Crippen molar-refractivity contribution in [3.63, 3.8) is 0 Å². The van der Waals surface area contributed by atoms with E-state index in [4.69, 9.17) is 4.42 Å². The number of anilines is 2. The average Bonchev–Trinajstić information content (AvgIpc) is 3.27. The molecule has 0 aliphatic carbocycles. The summed E-state index contributed by atoms with van der Waals surface area (Å²) in [5.41, 5.74) is 1.08. The average molecular weight is 452 g/mol. The van der Waals surface area contributed by atoms with Crippen molar-refractivity contribution in [1.82, 2.24) is 10.2 Å². The zero-order valence-corrected chi connectivity index (χ0v) is 17.6. The van der Waals surface area contributed by atoms with Crippen molar-refractivity contribution in [2.75, 3.05) is 16.7 Å². The van der Waals surface area contributed by atoms with Gasteiger partial charge in [-0.2, -0.15) is 0 Å². The first kappa shape index (κ1) is 21.2. The van der Waals surface area contributed by atoms with Gasteiger partial charge in [0.05, 0.1) is 10.6 Å². The molecule has 0 saturated heterocycles. The molecule has 4 aromatic rings. The van der Waals surface area contributed by atoms with Gasteiger partial charge in [-0.3, -0.25) is 14.4 Å². The largest absolute Gasteiger partial charge is 0.403 e. The first-order valence-electron chi connectivity index (χ1n) is 9.39. The molecule has 10 heteroatoms. The molecule has 1 heterocycles. The van der Waals surface area contributed by atoms with Crippen LogP contribution in [-0.2, 0) is 10.0 Å². The lowest BCUT2D eigenvalue weighted by Crippen LogP contribution is -2.26. The number of carbonyl (C=O) groups excluding carboxylic acids is 1. The van der Waals surface area contributed by atoms with Crippen LogP contribution < -0.4 is 9.62 Å². The van der Waals surface area contributed by atoms with Crippen molar-refractivity contribution >= 4 is 27.6 Å². The number of halogens is 1. The summed E-state index contributed by atoms with van der Waals surface area (Å²) >= 11 is 0. The number of benzene rings is 3. The highest BCUT2D eigenvalue weighted by Gasteiger charge is 2.22. The molecule has 0 saturated carbocycles. The number of sulfonamides is 1. The molecule has 1 amide bonds. The van der Waals surface area contributed by atoms with Gasteiger partial charge in [0.1, 0.15) is 5.82 Å². The predicted octanol–water partition coefficient (Wildman–Crippen LogP) is 3.95. The van der Waals surface area contributed by atoms with Crippen LogP contribution >= 0.6 is 0 Å². The summed E-state index contributed by atoms with van der Waals surface area (Å²) in [7, 11) is -2.34. The van der Waals surface area contributed by atoms with Crippen molar-refractivity contribution in [2.45, 2.75) is 4.90 Å². The number of amides is 1. The molecule has 162 valence electrons. The van der Waals surface area contributed by atoms with Crippen LogP contribution in [0.25, 0.3) is 11.5 Å². The summed E-state index contributed by atoms with van der Waals surface area (Å²) in [6.45, 7) is 0. The highest BCUT2D eigenvalue weighted by Crippen LogP contribution is 2.23. The quantitative estimate of drug-likeness (QED) is 0.475. The Morgan fingerprint density at radius 3 is 2.38 bits per heavy atom. The zero-order valence-electron chi connectivity index (χ0n) is 16.8. The predicted molar refractivity (Wildman–Crippen MR) is 116 cm³/mol. The van der Waals surface area contributed by atoms with Crippen molar-refractivity contribution in [1.29, 1.82) is 0 Å². The van der Waals surface area contributed by atoms with E-state index < -0.39 is 21.7 Å². The summed E-state index contributed by atoms with van der Waals surface area (Å²) in [6.07, 6.45) is 0. The molecule has 1 N–H and O–H groups in total. The second-order valence-corrected chi connectivity index (χ2v) is 8.68. The first-order chi connectivity index (χ1) is 15.3. The van der Waals surface area contributed by atoms with Crippen molar-refractivity contribution < 1.29 is 22.0 Å². The summed E-state index contributed by atoms with van der Waals surface area (Å²) in [5.74, 6) is -0.982. The molecule has 0 aliphatic heterocycles. The Morgan fingerprint density at radius 1 is 0.969 bits per heavy atom. The highest BCUT2D eigenvalue weighted by atomic mass is 32.2. The van der Waals surface area contributed by atoms with Gasteiger partial charge in [0, 0.05) is 18.2 Å². The monoisotopic (exact) mass is 452 g/mol. The topological polar surface area (TPSA) is 105 Å². The molecule has 32 heavy (non-hydrogen) atoms. The summed E-state index contributed by atoms with van der Waals surface area (Å²) < 4.78 is 45.5. The third kappa shape index (κ3) is 4.35. The van der Waals surface area contributed by atoms with E-state index in [1.165, 1.54) is 49.5 Å². The Balaban J connectivity index is 1.48. The van der Waals surface area contributed by atoms with Crippen LogP contribution in [0, 0.1) is 5.82 Å². The van der Waals surface area contributed by atoms with Crippen LogP contribution in [0.3, 0.4) is 0 Å². The van der Waals surface area contributed by atoms with Crippen LogP contribution in [0.5, 0.6) is 0 Å². The summed E-state index contributed by atoms with van der Waals surface area (Å²) in [4.78, 5) is 12.5. The molecule has 1 aromatic heterocycles. The molecule has 0 spiro atoms. The Morgan fingerprint density at radius 2 is 1.69 bits per heavy atom. The third-order valence-corrected chi connectivity index (χ3v) is 6.41. The normalized spacial score (nSPS) is 11.2. The van der Waals surface area contributed by atoms with E-state index in [0.29, 0.717) is 11.3 Å². The van der Waals surface area contributed by atoms with Crippen LogP contribution in [0.1, 0.15) is 10.4 Å². The Bertz CT molecular complexity index is 1360. The maximum Gasteiger partial charge on any atom is 0.322 e. The fourth-order valence-electron chi connectivity index (χ4n) is 2.89. The molecule has 0 aliphatic rings. The zero-order chi connectivity index (χ0) is 22.7. The molecule has 0 unspecified atom stereocenters. The molecule has 0 fully saturated rings. The number of para-hydroxylation sites is 1. The van der Waals surface area contributed by atoms with Gasteiger partial charge >= 0.3 is 6.01 Å². The number of hydrogen-bond donors (Lipinski definition) is 1. The van der Waals surface area contributed by atoms with Crippen LogP contribution in [0.15, 0.2) is 88.2 Å². The minimum Gasteiger partial charge on any atom is -0.403 e. The second-order valence-electron chi connectivity index (χ2n) is 6.71. The van der Waals surface area contributed by atoms with E-state index in [0.717, 1.165) is 4.31 Å². The van der Waals surface area contributed by atoms with Gasteiger partial charge in [-0.15, -0.1) is 5.10 Å². The van der Waals surface area contributed by atoms with E-state index in [9.17, 15) is 17.6 Å². The maximum atomic E-state index is 13.3. The fourth-order valence-corrected chi connectivity index (χ4v) is 4.09. The Hall–Kier alpha value is -4.05. The minimum absolute atomic E-state index is 0.0339. The van der Waals surface area contributed by atoms with Gasteiger partial charge in [0.25, 0.3) is 15.9 Å². The van der Waals surface area contributed by atoms with Gasteiger partial charge in [-0.05, 0) is 54.6 Å². The fraction of sp³-hybridized carbons (Fsp3) is 0.0455.